The van der Waals surface area contributed by atoms with Crippen molar-refractivity contribution < 1.29 is 4.74 Å². The summed E-state index contributed by atoms with van der Waals surface area (Å²) < 4.78 is 5.50. The zero-order valence-corrected chi connectivity index (χ0v) is 9.57. The number of hydrogen-bond donors (Lipinski definition) is 0. The molecule has 0 unspecified atom stereocenters. The highest BCUT2D eigenvalue weighted by Gasteiger charge is 2.25. The van der Waals surface area contributed by atoms with Gasteiger partial charge >= 0.3 is 0 Å². The van der Waals surface area contributed by atoms with Crippen molar-refractivity contribution in [2.45, 2.75) is 18.9 Å². The van der Waals surface area contributed by atoms with Gasteiger partial charge in [0.2, 0.25) is 5.88 Å². The Morgan fingerprint density at radius 1 is 1.53 bits per heavy atom. The van der Waals surface area contributed by atoms with Gasteiger partial charge in [-0.1, -0.05) is 17.7 Å². The van der Waals surface area contributed by atoms with E-state index in [0.717, 1.165) is 12.6 Å². The van der Waals surface area contributed by atoms with Crippen LogP contribution in [0.3, 0.4) is 0 Å². The lowest BCUT2D eigenvalue weighted by atomic mass is 10.5. The summed E-state index contributed by atoms with van der Waals surface area (Å²) in [6.45, 7) is 1.61. The fourth-order valence-corrected chi connectivity index (χ4v) is 1.62. The van der Waals surface area contributed by atoms with E-state index in [9.17, 15) is 0 Å². The normalized spacial score (nSPS) is 15.7. The Labute approximate surface area is 95.0 Å². The molecule has 0 aliphatic heterocycles. The maximum Gasteiger partial charge on any atom is 0.214 e. The minimum absolute atomic E-state index is 0.475. The van der Waals surface area contributed by atoms with Crippen LogP contribution in [0.15, 0.2) is 18.2 Å². The van der Waals surface area contributed by atoms with E-state index in [1.54, 1.807) is 6.07 Å². The van der Waals surface area contributed by atoms with Crippen LogP contribution in [-0.4, -0.2) is 36.1 Å². The van der Waals surface area contributed by atoms with Gasteiger partial charge in [0.15, 0.2) is 0 Å². The Bertz CT molecular complexity index is 328. The molecule has 1 heterocycles. The molecule has 0 saturated heterocycles. The number of nitrogens with zero attached hydrogens (tertiary/aromatic N) is 2. The van der Waals surface area contributed by atoms with Crippen LogP contribution in [0.2, 0.25) is 5.15 Å². The molecule has 0 aromatic carbocycles. The van der Waals surface area contributed by atoms with Crippen LogP contribution in [0.4, 0.5) is 0 Å². The molecule has 0 N–H and O–H groups in total. The molecular formula is C11H15ClN2O. The Kier molecular flexibility index (Phi) is 3.44. The van der Waals surface area contributed by atoms with Crippen molar-refractivity contribution in [1.29, 1.82) is 0 Å². The molecule has 1 fully saturated rings. The summed E-state index contributed by atoms with van der Waals surface area (Å²) in [6, 6.07) is 6.18. The zero-order chi connectivity index (χ0) is 10.7. The van der Waals surface area contributed by atoms with Crippen molar-refractivity contribution >= 4 is 11.6 Å². The number of aromatic nitrogens is 1. The first kappa shape index (κ1) is 10.7. The van der Waals surface area contributed by atoms with Crippen LogP contribution in [0.1, 0.15) is 12.8 Å². The van der Waals surface area contributed by atoms with Gasteiger partial charge < -0.3 is 9.64 Å². The third kappa shape index (κ3) is 3.36. The lowest BCUT2D eigenvalue weighted by Gasteiger charge is -2.15. The average molecular weight is 227 g/mol. The molecule has 4 heteroatoms. The number of likely N-dealkylation sites (N-methyl/N-ethyl adjacent to an activating group) is 1. The van der Waals surface area contributed by atoms with Gasteiger partial charge in [0, 0.05) is 18.7 Å². The number of ether oxygens (including phenoxy) is 1. The standard InChI is InChI=1S/C11H15ClN2O/c1-14(9-5-6-9)7-8-15-11-4-2-3-10(12)13-11/h2-4,9H,5-8H2,1H3. The molecule has 0 bridgehead atoms. The minimum Gasteiger partial charge on any atom is -0.476 e. The van der Waals surface area contributed by atoms with E-state index in [1.807, 2.05) is 12.1 Å². The molecule has 1 aliphatic rings. The van der Waals surface area contributed by atoms with E-state index in [-0.39, 0.29) is 0 Å². The molecule has 1 aliphatic carbocycles. The molecule has 15 heavy (non-hydrogen) atoms. The predicted octanol–water partition coefficient (Wildman–Crippen LogP) is 2.21. The summed E-state index contributed by atoms with van der Waals surface area (Å²) in [5, 5.41) is 0.475. The van der Waals surface area contributed by atoms with E-state index < -0.39 is 0 Å². The lowest BCUT2D eigenvalue weighted by Crippen LogP contribution is -2.26. The van der Waals surface area contributed by atoms with Crippen LogP contribution >= 0.6 is 11.6 Å². The quantitative estimate of drug-likeness (QED) is 0.720. The van der Waals surface area contributed by atoms with Crippen molar-refractivity contribution in [1.82, 2.24) is 9.88 Å². The van der Waals surface area contributed by atoms with Crippen LogP contribution in [-0.2, 0) is 0 Å². The van der Waals surface area contributed by atoms with Crippen molar-refractivity contribution in [3.05, 3.63) is 23.4 Å². The Morgan fingerprint density at radius 3 is 3.00 bits per heavy atom. The molecular weight excluding hydrogens is 212 g/mol. The molecule has 1 aromatic heterocycles. The molecule has 0 amide bonds. The number of halogens is 1. The van der Waals surface area contributed by atoms with E-state index in [1.165, 1.54) is 12.8 Å². The highest BCUT2D eigenvalue weighted by Crippen LogP contribution is 2.24. The Hall–Kier alpha value is -0.800. The van der Waals surface area contributed by atoms with E-state index in [2.05, 4.69) is 16.9 Å². The van der Waals surface area contributed by atoms with Crippen molar-refractivity contribution in [2.24, 2.45) is 0 Å². The van der Waals surface area contributed by atoms with E-state index in [0.29, 0.717) is 17.6 Å². The van der Waals surface area contributed by atoms with Crippen LogP contribution < -0.4 is 4.74 Å². The molecule has 1 saturated carbocycles. The first-order valence-electron chi connectivity index (χ1n) is 5.21. The van der Waals surface area contributed by atoms with Crippen LogP contribution in [0.25, 0.3) is 0 Å². The van der Waals surface area contributed by atoms with Gasteiger partial charge in [-0.15, -0.1) is 0 Å². The summed E-state index contributed by atoms with van der Waals surface area (Å²) >= 11 is 5.75. The number of pyridine rings is 1. The maximum absolute atomic E-state index is 5.75. The SMILES string of the molecule is CN(CCOc1cccc(Cl)n1)C1CC1. The zero-order valence-electron chi connectivity index (χ0n) is 8.82. The molecule has 0 radical (unpaired) electrons. The van der Waals surface area contributed by atoms with Gasteiger partial charge in [0.05, 0.1) is 0 Å². The second-order valence-electron chi connectivity index (χ2n) is 3.86. The third-order valence-corrected chi connectivity index (χ3v) is 2.76. The fourth-order valence-electron chi connectivity index (χ4n) is 1.46. The highest BCUT2D eigenvalue weighted by atomic mass is 35.5. The largest absolute Gasteiger partial charge is 0.476 e. The lowest BCUT2D eigenvalue weighted by molar-refractivity contribution is 0.226. The Balaban J connectivity index is 1.73. The number of rotatable bonds is 5. The molecule has 1 aromatic rings. The van der Waals surface area contributed by atoms with E-state index >= 15 is 0 Å². The average Bonchev–Trinajstić information content (AvgIpc) is 3.00. The molecule has 3 nitrogen and oxygen atoms in total. The van der Waals surface area contributed by atoms with E-state index in [4.69, 9.17) is 16.3 Å². The summed E-state index contributed by atoms with van der Waals surface area (Å²) in [5.74, 6) is 0.603. The molecule has 82 valence electrons. The Morgan fingerprint density at radius 2 is 2.33 bits per heavy atom. The summed E-state index contributed by atoms with van der Waals surface area (Å²) in [4.78, 5) is 6.38. The monoisotopic (exact) mass is 226 g/mol. The maximum atomic E-state index is 5.75. The summed E-state index contributed by atoms with van der Waals surface area (Å²) in [5.41, 5.74) is 0. The molecule has 0 atom stereocenters. The van der Waals surface area contributed by atoms with Gasteiger partial charge in [0.1, 0.15) is 11.8 Å². The number of hydrogen-bond acceptors (Lipinski definition) is 3. The van der Waals surface area contributed by atoms with Gasteiger partial charge in [-0.3, -0.25) is 0 Å². The van der Waals surface area contributed by atoms with Gasteiger partial charge in [-0.25, -0.2) is 4.98 Å². The first-order chi connectivity index (χ1) is 7.25. The van der Waals surface area contributed by atoms with Crippen molar-refractivity contribution in [3.8, 4) is 5.88 Å². The summed E-state index contributed by atoms with van der Waals surface area (Å²) in [6.07, 6.45) is 2.65. The van der Waals surface area contributed by atoms with Crippen molar-refractivity contribution in [3.63, 3.8) is 0 Å². The topological polar surface area (TPSA) is 25.4 Å². The van der Waals surface area contributed by atoms with Crippen LogP contribution in [0.5, 0.6) is 5.88 Å². The van der Waals surface area contributed by atoms with Crippen LogP contribution in [0, 0.1) is 0 Å². The first-order valence-corrected chi connectivity index (χ1v) is 5.59. The van der Waals surface area contributed by atoms with Gasteiger partial charge in [0.25, 0.3) is 0 Å². The summed E-state index contributed by atoms with van der Waals surface area (Å²) in [7, 11) is 2.13. The highest BCUT2D eigenvalue weighted by molar-refractivity contribution is 6.29. The molecule has 2 rings (SSSR count). The molecule has 0 spiro atoms. The van der Waals surface area contributed by atoms with Crippen molar-refractivity contribution in [2.75, 3.05) is 20.2 Å². The minimum atomic E-state index is 0.475. The fraction of sp³-hybridized carbons (Fsp3) is 0.545. The van der Waals surface area contributed by atoms with Gasteiger partial charge in [-0.05, 0) is 26.0 Å². The third-order valence-electron chi connectivity index (χ3n) is 2.55. The second kappa shape index (κ2) is 4.81. The predicted molar refractivity (Wildman–Crippen MR) is 60.4 cm³/mol. The van der Waals surface area contributed by atoms with Gasteiger partial charge in [-0.2, -0.15) is 0 Å². The second-order valence-corrected chi connectivity index (χ2v) is 4.25. The smallest absolute Gasteiger partial charge is 0.214 e.